The Morgan fingerprint density at radius 2 is 1.71 bits per heavy atom. The quantitative estimate of drug-likeness (QED) is 0.795. The third-order valence-electron chi connectivity index (χ3n) is 5.13. The molecule has 1 amide bonds. The smallest absolute Gasteiger partial charge is 0.241 e. The Hall–Kier alpha value is -0.660. The Morgan fingerprint density at radius 3 is 2.29 bits per heavy atom. The van der Waals surface area contributed by atoms with Crippen molar-refractivity contribution in [3.63, 3.8) is 0 Å². The largest absolute Gasteiger partial charge is 0.393 e. The first-order chi connectivity index (χ1) is 9.88. The average molecular weight is 316 g/mol. The Kier molecular flexibility index (Phi) is 4.00. The normalized spacial score (nSPS) is 37.7. The molecule has 0 aliphatic carbocycles. The first-order valence-corrected chi connectivity index (χ1v) is 9.70. The fraction of sp³-hybridized carbons (Fsp3) is 0.929. The molecule has 3 rings (SSSR count). The molecule has 3 aliphatic rings. The highest BCUT2D eigenvalue weighted by atomic mass is 32.2. The van der Waals surface area contributed by atoms with Crippen LogP contribution in [0.5, 0.6) is 0 Å². The van der Waals surface area contributed by atoms with Crippen molar-refractivity contribution >= 4 is 15.9 Å². The zero-order chi connectivity index (χ0) is 15.2. The summed E-state index contributed by atoms with van der Waals surface area (Å²) < 4.78 is 25.2. The second-order valence-electron chi connectivity index (χ2n) is 6.64. The van der Waals surface area contributed by atoms with Gasteiger partial charge in [0.05, 0.1) is 12.4 Å². The van der Waals surface area contributed by atoms with E-state index in [0.29, 0.717) is 25.8 Å². The Labute approximate surface area is 126 Å². The summed E-state index contributed by atoms with van der Waals surface area (Å²) in [6, 6.07) is -0.351. The van der Waals surface area contributed by atoms with E-state index < -0.39 is 16.1 Å². The van der Waals surface area contributed by atoms with Gasteiger partial charge in [-0.25, -0.2) is 8.42 Å². The number of aliphatic hydroxyl groups is 1. The first-order valence-electron chi connectivity index (χ1n) is 7.85. The van der Waals surface area contributed by atoms with Gasteiger partial charge in [-0.15, -0.1) is 0 Å². The van der Waals surface area contributed by atoms with Gasteiger partial charge in [0.15, 0.2) is 0 Å². The van der Waals surface area contributed by atoms with Gasteiger partial charge >= 0.3 is 0 Å². The number of nitrogens with zero attached hydrogens (tertiary/aromatic N) is 2. The number of sulfonamides is 1. The van der Waals surface area contributed by atoms with Gasteiger partial charge in [0.25, 0.3) is 0 Å². The highest BCUT2D eigenvalue weighted by Gasteiger charge is 2.46. The standard InChI is InChI=1S/C14H24N2O4S/c1-21(19,20)15-7-3-2-4-13(15)14(18)16-10-5-6-11(16)9-12(17)8-10/h10-13,17H,2-9H2,1H3. The van der Waals surface area contributed by atoms with Crippen molar-refractivity contribution in [1.29, 1.82) is 0 Å². The van der Waals surface area contributed by atoms with E-state index in [1.165, 1.54) is 10.6 Å². The number of aliphatic hydroxyl groups excluding tert-OH is 1. The lowest BCUT2D eigenvalue weighted by Crippen LogP contribution is -2.57. The number of carbonyl (C=O) groups excluding carboxylic acids is 1. The highest BCUT2D eigenvalue weighted by Crippen LogP contribution is 2.37. The predicted molar refractivity (Wildman–Crippen MR) is 78.1 cm³/mol. The maximum absolute atomic E-state index is 12.9. The summed E-state index contributed by atoms with van der Waals surface area (Å²) in [6.45, 7) is 0.445. The van der Waals surface area contributed by atoms with E-state index in [-0.39, 0.29) is 24.1 Å². The number of rotatable bonds is 2. The molecule has 0 aromatic rings. The topological polar surface area (TPSA) is 77.9 Å². The van der Waals surface area contributed by atoms with Gasteiger partial charge in [-0.05, 0) is 38.5 Å². The van der Waals surface area contributed by atoms with E-state index in [4.69, 9.17) is 0 Å². The number of amides is 1. The van der Waals surface area contributed by atoms with Crippen molar-refractivity contribution in [2.24, 2.45) is 0 Å². The average Bonchev–Trinajstić information content (AvgIpc) is 2.69. The monoisotopic (exact) mass is 316 g/mol. The minimum Gasteiger partial charge on any atom is -0.393 e. The first kappa shape index (κ1) is 15.2. The van der Waals surface area contributed by atoms with Crippen LogP contribution in [0, 0.1) is 0 Å². The molecule has 1 N–H and O–H groups in total. The lowest BCUT2D eigenvalue weighted by Gasteiger charge is -2.42. The summed E-state index contributed by atoms with van der Waals surface area (Å²) in [5, 5.41) is 9.84. The van der Waals surface area contributed by atoms with Crippen LogP contribution >= 0.6 is 0 Å². The molecule has 0 saturated carbocycles. The van der Waals surface area contributed by atoms with E-state index >= 15 is 0 Å². The summed E-state index contributed by atoms with van der Waals surface area (Å²) >= 11 is 0. The Balaban J connectivity index is 1.81. The molecule has 3 aliphatic heterocycles. The van der Waals surface area contributed by atoms with Crippen LogP contribution in [0.1, 0.15) is 44.9 Å². The maximum atomic E-state index is 12.9. The van der Waals surface area contributed by atoms with Crippen molar-refractivity contribution < 1.29 is 18.3 Å². The van der Waals surface area contributed by atoms with Crippen molar-refractivity contribution in [3.05, 3.63) is 0 Å². The molecule has 7 heteroatoms. The minimum absolute atomic E-state index is 0.0421. The SMILES string of the molecule is CS(=O)(=O)N1CCCCC1C(=O)N1C2CCC1CC(O)C2. The van der Waals surface area contributed by atoms with E-state index in [1.807, 2.05) is 4.90 Å². The second kappa shape index (κ2) is 5.52. The fourth-order valence-electron chi connectivity index (χ4n) is 4.23. The second-order valence-corrected chi connectivity index (χ2v) is 8.58. The maximum Gasteiger partial charge on any atom is 0.241 e. The van der Waals surface area contributed by atoms with Crippen LogP contribution in [-0.2, 0) is 14.8 Å². The summed E-state index contributed by atoms with van der Waals surface area (Å²) in [6.07, 6.45) is 6.33. The fourth-order valence-corrected chi connectivity index (χ4v) is 5.35. The lowest BCUT2D eigenvalue weighted by atomic mass is 9.96. The summed E-state index contributed by atoms with van der Waals surface area (Å²) in [4.78, 5) is 14.8. The Bertz CT molecular complexity index is 507. The van der Waals surface area contributed by atoms with Gasteiger partial charge < -0.3 is 10.0 Å². The molecule has 3 heterocycles. The lowest BCUT2D eigenvalue weighted by molar-refractivity contribution is -0.142. The molecule has 2 bridgehead atoms. The molecule has 6 nitrogen and oxygen atoms in total. The number of carbonyl (C=O) groups is 1. The van der Waals surface area contributed by atoms with Crippen LogP contribution in [0.3, 0.4) is 0 Å². The van der Waals surface area contributed by atoms with Gasteiger partial charge in [0, 0.05) is 18.6 Å². The van der Waals surface area contributed by atoms with Gasteiger partial charge in [-0.2, -0.15) is 4.31 Å². The van der Waals surface area contributed by atoms with Gasteiger partial charge in [0.1, 0.15) is 6.04 Å². The molecule has 21 heavy (non-hydrogen) atoms. The van der Waals surface area contributed by atoms with Gasteiger partial charge in [0.2, 0.25) is 15.9 Å². The molecule has 0 aromatic carbocycles. The van der Waals surface area contributed by atoms with Crippen LogP contribution in [0.15, 0.2) is 0 Å². The van der Waals surface area contributed by atoms with E-state index in [0.717, 1.165) is 25.7 Å². The van der Waals surface area contributed by atoms with Crippen LogP contribution in [0.4, 0.5) is 0 Å². The van der Waals surface area contributed by atoms with Crippen LogP contribution in [-0.4, -0.2) is 65.7 Å². The zero-order valence-corrected chi connectivity index (χ0v) is 13.3. The van der Waals surface area contributed by atoms with Crippen LogP contribution in [0.25, 0.3) is 0 Å². The van der Waals surface area contributed by atoms with E-state index in [1.54, 1.807) is 0 Å². The van der Waals surface area contributed by atoms with Gasteiger partial charge in [-0.3, -0.25) is 4.79 Å². The summed E-state index contributed by atoms with van der Waals surface area (Å²) in [5.41, 5.74) is 0. The number of hydrogen-bond donors (Lipinski definition) is 1. The molecule has 3 saturated heterocycles. The number of fused-ring (bicyclic) bond motifs is 2. The molecule has 0 radical (unpaired) electrons. The number of hydrogen-bond acceptors (Lipinski definition) is 4. The molecule has 0 aromatic heterocycles. The molecular weight excluding hydrogens is 292 g/mol. The molecule has 3 atom stereocenters. The Morgan fingerprint density at radius 1 is 1.10 bits per heavy atom. The van der Waals surface area contributed by atoms with E-state index in [9.17, 15) is 18.3 Å². The molecule has 0 spiro atoms. The summed E-state index contributed by atoms with van der Waals surface area (Å²) in [5.74, 6) is -0.0421. The van der Waals surface area contributed by atoms with Crippen molar-refractivity contribution in [2.45, 2.75) is 69.2 Å². The molecule has 3 unspecified atom stereocenters. The zero-order valence-electron chi connectivity index (χ0n) is 12.4. The van der Waals surface area contributed by atoms with Crippen LogP contribution < -0.4 is 0 Å². The predicted octanol–water partition coefficient (Wildman–Crippen LogP) is 0.315. The minimum atomic E-state index is -3.35. The van der Waals surface area contributed by atoms with Gasteiger partial charge in [-0.1, -0.05) is 6.42 Å². The molecule has 120 valence electrons. The number of piperidine rings is 2. The third-order valence-corrected chi connectivity index (χ3v) is 6.42. The molecule has 3 fully saturated rings. The summed E-state index contributed by atoms with van der Waals surface area (Å²) in [7, 11) is -3.35. The highest BCUT2D eigenvalue weighted by molar-refractivity contribution is 7.88. The van der Waals surface area contributed by atoms with E-state index in [2.05, 4.69) is 0 Å². The third kappa shape index (κ3) is 2.83. The van der Waals surface area contributed by atoms with Crippen molar-refractivity contribution in [1.82, 2.24) is 9.21 Å². The van der Waals surface area contributed by atoms with Crippen molar-refractivity contribution in [2.75, 3.05) is 12.8 Å². The van der Waals surface area contributed by atoms with Crippen LogP contribution in [0.2, 0.25) is 0 Å². The molecular formula is C14H24N2O4S. The van der Waals surface area contributed by atoms with Crippen molar-refractivity contribution in [3.8, 4) is 0 Å².